The number of Topliss-reactive ketones (excluding diaryl/α,β-unsaturated/α-hetero) is 1. The van der Waals surface area contributed by atoms with Gasteiger partial charge in [0.15, 0.2) is 0 Å². The Kier molecular flexibility index (Phi) is 8.88. The Bertz CT molecular complexity index is 287. The summed E-state index contributed by atoms with van der Waals surface area (Å²) in [6.45, 7) is 5.58. The summed E-state index contributed by atoms with van der Waals surface area (Å²) >= 11 is 0. The average Bonchev–Trinajstić information content (AvgIpc) is 2.23. The number of hydrogen-bond donors (Lipinski definition) is 1. The van der Waals surface area contributed by atoms with Crippen LogP contribution in [0.5, 0.6) is 0 Å². The monoisotopic (exact) mass is 257 g/mol. The minimum Gasteiger partial charge on any atom is -0.463 e. The normalized spacial score (nSPS) is 10.2. The second kappa shape index (κ2) is 9.62. The van der Waals surface area contributed by atoms with Crippen LogP contribution in [0.1, 0.15) is 52.9 Å². The smallest absolute Gasteiger partial charge is 0.306 e. The Morgan fingerprint density at radius 2 is 1.72 bits per heavy atom. The van der Waals surface area contributed by atoms with E-state index in [0.29, 0.717) is 38.6 Å². The number of nitrogens with one attached hydrogen (secondary N) is 1. The molecule has 0 radical (unpaired) electrons. The zero-order chi connectivity index (χ0) is 14.0. The molecule has 0 aromatic carbocycles. The summed E-state index contributed by atoms with van der Waals surface area (Å²) in [5.74, 6) is -0.219. The highest BCUT2D eigenvalue weighted by atomic mass is 16.5. The van der Waals surface area contributed by atoms with Crippen LogP contribution < -0.4 is 5.32 Å². The molecule has 0 aliphatic heterocycles. The van der Waals surface area contributed by atoms with Crippen molar-refractivity contribution < 1.29 is 19.1 Å². The van der Waals surface area contributed by atoms with Crippen LogP contribution in [0.15, 0.2) is 0 Å². The molecule has 5 nitrogen and oxygen atoms in total. The van der Waals surface area contributed by atoms with E-state index in [4.69, 9.17) is 4.74 Å². The number of rotatable bonds is 9. The molecule has 0 spiro atoms. The molecule has 1 N–H and O–H groups in total. The number of ether oxygens (including phenoxy) is 1. The maximum Gasteiger partial charge on any atom is 0.306 e. The van der Waals surface area contributed by atoms with Gasteiger partial charge in [0.25, 0.3) is 0 Å². The van der Waals surface area contributed by atoms with Crippen LogP contribution in [-0.2, 0) is 19.1 Å². The van der Waals surface area contributed by atoms with E-state index in [0.717, 1.165) is 0 Å². The minimum absolute atomic E-state index is 0.0755. The van der Waals surface area contributed by atoms with Crippen LogP contribution in [-0.4, -0.2) is 30.3 Å². The molecule has 0 bridgehead atoms. The zero-order valence-electron chi connectivity index (χ0n) is 11.5. The van der Waals surface area contributed by atoms with Gasteiger partial charge in [-0.25, -0.2) is 0 Å². The third kappa shape index (κ3) is 11.1. The Balaban J connectivity index is 3.45. The Labute approximate surface area is 108 Å². The fraction of sp³-hybridized carbons (Fsp3) is 0.769. The van der Waals surface area contributed by atoms with Gasteiger partial charge in [0.1, 0.15) is 5.78 Å². The first kappa shape index (κ1) is 16.6. The van der Waals surface area contributed by atoms with Gasteiger partial charge in [-0.3, -0.25) is 9.59 Å². The molecular formula is C13H23NO4. The molecule has 104 valence electrons. The van der Waals surface area contributed by atoms with Crippen molar-refractivity contribution in [3.05, 3.63) is 0 Å². The lowest BCUT2D eigenvalue weighted by Crippen LogP contribution is -2.25. The molecule has 5 heteroatoms. The van der Waals surface area contributed by atoms with E-state index < -0.39 is 0 Å². The molecule has 1 amide bonds. The van der Waals surface area contributed by atoms with Gasteiger partial charge in [0, 0.05) is 25.8 Å². The van der Waals surface area contributed by atoms with Gasteiger partial charge in [0.2, 0.25) is 5.91 Å². The summed E-state index contributed by atoms with van der Waals surface area (Å²) in [5.41, 5.74) is 0. The first-order valence-electron chi connectivity index (χ1n) is 6.37. The summed E-state index contributed by atoms with van der Waals surface area (Å²) in [7, 11) is 0. The van der Waals surface area contributed by atoms with Crippen molar-refractivity contribution >= 4 is 17.7 Å². The largest absolute Gasteiger partial charge is 0.463 e. The van der Waals surface area contributed by atoms with Gasteiger partial charge in [-0.15, -0.1) is 0 Å². The second-order valence-electron chi connectivity index (χ2n) is 4.55. The van der Waals surface area contributed by atoms with Crippen LogP contribution in [0.2, 0.25) is 0 Å². The fourth-order valence-corrected chi connectivity index (χ4v) is 1.37. The third-order valence-corrected chi connectivity index (χ3v) is 2.18. The Hall–Kier alpha value is -1.39. The van der Waals surface area contributed by atoms with Gasteiger partial charge in [0.05, 0.1) is 6.10 Å². The molecule has 0 aromatic rings. The highest BCUT2D eigenvalue weighted by molar-refractivity contribution is 5.78. The summed E-state index contributed by atoms with van der Waals surface area (Å²) in [5, 5.41) is 2.71. The maximum absolute atomic E-state index is 11.3. The van der Waals surface area contributed by atoms with E-state index in [-0.39, 0.29) is 23.8 Å². The van der Waals surface area contributed by atoms with Crippen LogP contribution in [0.3, 0.4) is 0 Å². The highest BCUT2D eigenvalue weighted by Gasteiger charge is 2.06. The average molecular weight is 257 g/mol. The van der Waals surface area contributed by atoms with Crippen molar-refractivity contribution in [1.82, 2.24) is 5.32 Å². The van der Waals surface area contributed by atoms with Crippen molar-refractivity contribution in [2.45, 2.75) is 59.0 Å². The van der Waals surface area contributed by atoms with E-state index in [2.05, 4.69) is 5.32 Å². The maximum atomic E-state index is 11.3. The molecule has 0 aliphatic rings. The number of carbonyl (C=O) groups is 3. The molecule has 0 heterocycles. The summed E-state index contributed by atoms with van der Waals surface area (Å²) < 4.78 is 4.96. The standard InChI is InChI=1S/C13H23NO4/c1-10(2)18-13(17)8-5-9-14-12(16)7-4-6-11(3)15/h10H,4-9H2,1-3H3,(H,14,16). The molecule has 0 saturated heterocycles. The highest BCUT2D eigenvalue weighted by Crippen LogP contribution is 1.98. The van der Waals surface area contributed by atoms with Gasteiger partial charge in [-0.2, -0.15) is 0 Å². The first-order valence-corrected chi connectivity index (χ1v) is 6.37. The molecule has 0 atom stereocenters. The van der Waals surface area contributed by atoms with Crippen LogP contribution in [0.25, 0.3) is 0 Å². The molecule has 0 saturated carbocycles. The number of esters is 1. The van der Waals surface area contributed by atoms with Crippen LogP contribution in [0, 0.1) is 0 Å². The molecule has 0 rings (SSSR count). The summed E-state index contributed by atoms with van der Waals surface area (Å²) in [6, 6.07) is 0. The first-order chi connectivity index (χ1) is 8.41. The lowest BCUT2D eigenvalue weighted by Gasteiger charge is -2.08. The number of amides is 1. The van der Waals surface area contributed by atoms with E-state index in [1.165, 1.54) is 6.92 Å². The molecule has 0 aliphatic carbocycles. The fourth-order valence-electron chi connectivity index (χ4n) is 1.37. The van der Waals surface area contributed by atoms with Crippen molar-refractivity contribution in [1.29, 1.82) is 0 Å². The Morgan fingerprint density at radius 1 is 1.06 bits per heavy atom. The molecule has 0 unspecified atom stereocenters. The van der Waals surface area contributed by atoms with E-state index in [9.17, 15) is 14.4 Å². The second-order valence-corrected chi connectivity index (χ2v) is 4.55. The van der Waals surface area contributed by atoms with Gasteiger partial charge < -0.3 is 14.8 Å². The quantitative estimate of drug-likeness (QED) is 0.503. The van der Waals surface area contributed by atoms with E-state index >= 15 is 0 Å². The van der Waals surface area contributed by atoms with Crippen LogP contribution in [0.4, 0.5) is 0 Å². The molecule has 0 aromatic heterocycles. The molecular weight excluding hydrogens is 234 g/mol. The summed E-state index contributed by atoms with van der Waals surface area (Å²) in [6.07, 6.45) is 2.16. The number of hydrogen-bond acceptors (Lipinski definition) is 4. The number of carbonyl (C=O) groups excluding carboxylic acids is 3. The third-order valence-electron chi connectivity index (χ3n) is 2.18. The van der Waals surface area contributed by atoms with Gasteiger partial charge in [-0.1, -0.05) is 0 Å². The van der Waals surface area contributed by atoms with Crippen molar-refractivity contribution in [3.8, 4) is 0 Å². The lowest BCUT2D eigenvalue weighted by molar-refractivity contribution is -0.147. The SMILES string of the molecule is CC(=O)CCCC(=O)NCCCC(=O)OC(C)C. The van der Waals surface area contributed by atoms with Crippen molar-refractivity contribution in [2.24, 2.45) is 0 Å². The number of ketones is 1. The van der Waals surface area contributed by atoms with Crippen molar-refractivity contribution in [3.63, 3.8) is 0 Å². The molecule has 18 heavy (non-hydrogen) atoms. The van der Waals surface area contributed by atoms with E-state index in [1.54, 1.807) is 13.8 Å². The minimum atomic E-state index is -0.240. The lowest BCUT2D eigenvalue weighted by atomic mass is 10.2. The Morgan fingerprint density at radius 3 is 2.28 bits per heavy atom. The zero-order valence-corrected chi connectivity index (χ0v) is 11.5. The summed E-state index contributed by atoms with van der Waals surface area (Å²) in [4.78, 5) is 33.1. The topological polar surface area (TPSA) is 72.5 Å². The van der Waals surface area contributed by atoms with E-state index in [1.807, 2.05) is 0 Å². The predicted octanol–water partition coefficient (Wildman–Crippen LogP) is 1.59. The van der Waals surface area contributed by atoms with Gasteiger partial charge in [-0.05, 0) is 33.6 Å². The van der Waals surface area contributed by atoms with Crippen LogP contribution >= 0.6 is 0 Å². The van der Waals surface area contributed by atoms with Crippen molar-refractivity contribution in [2.75, 3.05) is 6.54 Å². The predicted molar refractivity (Wildman–Crippen MR) is 68.0 cm³/mol. The molecule has 0 fully saturated rings. The van der Waals surface area contributed by atoms with Gasteiger partial charge >= 0.3 is 5.97 Å².